The molecule has 3 nitrogen and oxygen atoms in total. The molecular formula is C10H18O3. The summed E-state index contributed by atoms with van der Waals surface area (Å²) in [6, 6.07) is 0. The van der Waals surface area contributed by atoms with Crippen molar-refractivity contribution in [3.05, 3.63) is 0 Å². The third-order valence-electron chi connectivity index (χ3n) is 1.05. The molecule has 13 heavy (non-hydrogen) atoms. The van der Waals surface area contributed by atoms with Crippen molar-refractivity contribution < 1.29 is 15.0 Å². The van der Waals surface area contributed by atoms with Gasteiger partial charge in [-0.05, 0) is 6.42 Å². The number of carbonyl (C=O) groups is 1. The first-order valence-corrected chi connectivity index (χ1v) is 4.41. The first kappa shape index (κ1) is 14.4. The molecule has 2 N–H and O–H groups in total. The lowest BCUT2D eigenvalue weighted by atomic mass is 10.2. The second-order valence-electron chi connectivity index (χ2n) is 2.86. The lowest BCUT2D eigenvalue weighted by molar-refractivity contribution is 0.137. The molecule has 0 aliphatic carbocycles. The average molecular weight is 186 g/mol. The molecule has 0 unspecified atom stereocenters. The first-order valence-electron chi connectivity index (χ1n) is 4.41. The molecule has 0 amide bonds. The van der Waals surface area contributed by atoms with E-state index in [0.717, 1.165) is 6.42 Å². The Balaban J connectivity index is 0. The molecule has 0 aromatic heterocycles. The van der Waals surface area contributed by atoms with Gasteiger partial charge in [-0.3, -0.25) is 0 Å². The third kappa shape index (κ3) is 36.2. The second-order valence-corrected chi connectivity index (χ2v) is 2.86. The van der Waals surface area contributed by atoms with Crippen LogP contribution >= 0.6 is 0 Å². The smallest absolute Gasteiger partial charge is 0.450 e. The molecule has 0 fully saturated rings. The molecule has 0 aromatic carbocycles. The second kappa shape index (κ2) is 10.8. The average Bonchev–Trinajstić information content (AvgIpc) is 1.97. The van der Waals surface area contributed by atoms with Crippen LogP contribution in [0.3, 0.4) is 0 Å². The highest BCUT2D eigenvalue weighted by molar-refractivity contribution is 5.53. The number of carboxylic acid groups (broad SMARTS) is 2. The molecule has 76 valence electrons. The van der Waals surface area contributed by atoms with Gasteiger partial charge >= 0.3 is 6.16 Å². The monoisotopic (exact) mass is 186 g/mol. The highest BCUT2D eigenvalue weighted by Crippen LogP contribution is 1.92. The van der Waals surface area contributed by atoms with E-state index >= 15 is 0 Å². The Hall–Kier alpha value is -1.17. The van der Waals surface area contributed by atoms with Crippen LogP contribution in [0.1, 0.15) is 40.0 Å². The van der Waals surface area contributed by atoms with Crippen LogP contribution in [0.25, 0.3) is 0 Å². The van der Waals surface area contributed by atoms with Crippen molar-refractivity contribution in [3.63, 3.8) is 0 Å². The maximum absolute atomic E-state index is 8.56. The van der Waals surface area contributed by atoms with Gasteiger partial charge in [-0.1, -0.05) is 27.2 Å². The summed E-state index contributed by atoms with van der Waals surface area (Å²) >= 11 is 0. The van der Waals surface area contributed by atoms with Gasteiger partial charge in [0.25, 0.3) is 0 Å². The number of rotatable bonds is 2. The molecule has 0 radical (unpaired) electrons. The van der Waals surface area contributed by atoms with Crippen LogP contribution < -0.4 is 0 Å². The van der Waals surface area contributed by atoms with Crippen molar-refractivity contribution in [2.45, 2.75) is 40.0 Å². The topological polar surface area (TPSA) is 57.5 Å². The number of unbranched alkanes of at least 4 members (excludes halogenated alkanes) is 2. The van der Waals surface area contributed by atoms with E-state index in [9.17, 15) is 0 Å². The highest BCUT2D eigenvalue weighted by Gasteiger charge is 1.80. The third-order valence-corrected chi connectivity index (χ3v) is 1.05. The van der Waals surface area contributed by atoms with E-state index in [1.54, 1.807) is 0 Å². The van der Waals surface area contributed by atoms with Gasteiger partial charge in [0.05, 0.1) is 0 Å². The van der Waals surface area contributed by atoms with Gasteiger partial charge in [0.2, 0.25) is 0 Å². The minimum Gasteiger partial charge on any atom is -0.450 e. The Morgan fingerprint density at radius 1 is 1.38 bits per heavy atom. The molecule has 0 aliphatic rings. The van der Waals surface area contributed by atoms with Crippen molar-refractivity contribution in [2.75, 3.05) is 0 Å². The largest absolute Gasteiger partial charge is 0.503 e. The van der Waals surface area contributed by atoms with Crippen LogP contribution in [0.15, 0.2) is 0 Å². The Labute approximate surface area is 79.8 Å². The molecule has 3 heteroatoms. The molecular weight excluding hydrogens is 168 g/mol. The van der Waals surface area contributed by atoms with Gasteiger partial charge in [-0.2, -0.15) is 0 Å². The van der Waals surface area contributed by atoms with Gasteiger partial charge in [0.1, 0.15) is 0 Å². The van der Waals surface area contributed by atoms with Gasteiger partial charge < -0.3 is 10.2 Å². The van der Waals surface area contributed by atoms with E-state index in [4.69, 9.17) is 15.0 Å². The standard InChI is InChI=1S/C9H16.CH2O3/c1-4-5-6-7-8-9(2)3;2-1(3)4/h9H,4-6H2,1-3H3;(H2,2,3,4). The summed E-state index contributed by atoms with van der Waals surface area (Å²) in [5.74, 6) is 6.81. The molecule has 0 aliphatic heterocycles. The van der Waals surface area contributed by atoms with Crippen LogP contribution in [0.2, 0.25) is 0 Å². The van der Waals surface area contributed by atoms with Crippen LogP contribution in [-0.2, 0) is 0 Å². The van der Waals surface area contributed by atoms with E-state index in [-0.39, 0.29) is 0 Å². The van der Waals surface area contributed by atoms with E-state index in [0.29, 0.717) is 5.92 Å². The summed E-state index contributed by atoms with van der Waals surface area (Å²) in [5.41, 5.74) is 0. The summed E-state index contributed by atoms with van der Waals surface area (Å²) in [5, 5.41) is 13.9. The minimum atomic E-state index is -1.83. The van der Waals surface area contributed by atoms with Crippen molar-refractivity contribution in [2.24, 2.45) is 5.92 Å². The van der Waals surface area contributed by atoms with Crippen molar-refractivity contribution >= 4 is 6.16 Å². The summed E-state index contributed by atoms with van der Waals surface area (Å²) in [6.07, 6.45) is 1.75. The fourth-order valence-electron chi connectivity index (χ4n) is 0.541. The number of hydrogen-bond acceptors (Lipinski definition) is 1. The summed E-state index contributed by atoms with van der Waals surface area (Å²) in [7, 11) is 0. The molecule has 0 rings (SSSR count). The van der Waals surface area contributed by atoms with E-state index < -0.39 is 6.16 Å². The molecule has 0 atom stereocenters. The molecule has 0 aromatic rings. The Morgan fingerprint density at radius 3 is 2.15 bits per heavy atom. The van der Waals surface area contributed by atoms with Gasteiger partial charge in [-0.15, -0.1) is 11.8 Å². The van der Waals surface area contributed by atoms with Crippen molar-refractivity contribution in [1.29, 1.82) is 0 Å². The van der Waals surface area contributed by atoms with E-state index in [2.05, 4.69) is 32.6 Å². The van der Waals surface area contributed by atoms with E-state index in [1.165, 1.54) is 12.8 Å². The van der Waals surface area contributed by atoms with Gasteiger partial charge in [0, 0.05) is 12.3 Å². The fraction of sp³-hybridized carbons (Fsp3) is 0.700. The lowest BCUT2D eigenvalue weighted by Crippen LogP contribution is -1.81. The molecule has 0 bridgehead atoms. The van der Waals surface area contributed by atoms with Crippen LogP contribution in [-0.4, -0.2) is 16.4 Å². The predicted molar refractivity (Wildman–Crippen MR) is 52.8 cm³/mol. The van der Waals surface area contributed by atoms with Crippen LogP contribution in [0.4, 0.5) is 4.79 Å². The summed E-state index contributed by atoms with van der Waals surface area (Å²) in [4.78, 5) is 8.56. The van der Waals surface area contributed by atoms with Crippen molar-refractivity contribution in [1.82, 2.24) is 0 Å². The highest BCUT2D eigenvalue weighted by atomic mass is 16.6. The Kier molecular flexibility index (Phi) is 12.0. The van der Waals surface area contributed by atoms with Crippen LogP contribution in [0.5, 0.6) is 0 Å². The van der Waals surface area contributed by atoms with Gasteiger partial charge in [0.15, 0.2) is 0 Å². The van der Waals surface area contributed by atoms with Crippen molar-refractivity contribution in [3.8, 4) is 11.8 Å². The first-order chi connectivity index (χ1) is 6.00. The maximum atomic E-state index is 8.56. The zero-order valence-electron chi connectivity index (χ0n) is 8.50. The molecule has 0 saturated heterocycles. The number of hydrogen-bond donors (Lipinski definition) is 2. The zero-order chi connectivity index (χ0) is 10.7. The van der Waals surface area contributed by atoms with E-state index in [1.807, 2.05) is 0 Å². The normalized spacial score (nSPS) is 8.00. The molecule has 0 saturated carbocycles. The van der Waals surface area contributed by atoms with Crippen LogP contribution in [0, 0.1) is 17.8 Å². The SMILES string of the molecule is CCCCC#CC(C)C.O=C(O)O. The summed E-state index contributed by atoms with van der Waals surface area (Å²) in [6.45, 7) is 6.44. The molecule has 0 spiro atoms. The lowest BCUT2D eigenvalue weighted by Gasteiger charge is -1.87. The Morgan fingerprint density at radius 2 is 1.85 bits per heavy atom. The van der Waals surface area contributed by atoms with Gasteiger partial charge in [-0.25, -0.2) is 4.79 Å². The zero-order valence-corrected chi connectivity index (χ0v) is 8.50. The minimum absolute atomic E-state index is 0.543. The Bertz CT molecular complexity index is 170. The quantitative estimate of drug-likeness (QED) is 0.514. The fourth-order valence-corrected chi connectivity index (χ4v) is 0.541. The predicted octanol–water partition coefficient (Wildman–Crippen LogP) is 3.06. The molecule has 0 heterocycles. The maximum Gasteiger partial charge on any atom is 0.503 e. The summed E-state index contributed by atoms with van der Waals surface area (Å²) < 4.78 is 0.